The van der Waals surface area contributed by atoms with Crippen LogP contribution < -0.4 is 5.46 Å². The van der Waals surface area contributed by atoms with Crippen molar-refractivity contribution in [2.24, 2.45) is 0 Å². The van der Waals surface area contributed by atoms with Gasteiger partial charge in [-0.15, -0.1) is 11.3 Å². The molecule has 4 nitrogen and oxygen atoms in total. The Hall–Kier alpha value is -3.19. The smallest absolute Gasteiger partial charge is 0.436 e. The van der Waals surface area contributed by atoms with Crippen molar-refractivity contribution in [3.05, 3.63) is 72.8 Å². The van der Waals surface area contributed by atoms with Gasteiger partial charge >= 0.3 is 7.12 Å². The highest BCUT2D eigenvalue weighted by Gasteiger charge is 2.51. The Kier molecular flexibility index (Phi) is 4.33. The van der Waals surface area contributed by atoms with Gasteiger partial charge in [0.2, 0.25) is 5.89 Å². The summed E-state index contributed by atoms with van der Waals surface area (Å²) in [4.78, 5) is 4.90. The third-order valence-corrected chi connectivity index (χ3v) is 8.67. The fraction of sp³-hybridized carbons (Fsp3) is 0.207. The van der Waals surface area contributed by atoms with Crippen LogP contribution in [0.25, 0.3) is 53.5 Å². The first-order valence-electron chi connectivity index (χ1n) is 11.9. The van der Waals surface area contributed by atoms with E-state index < -0.39 is 7.12 Å². The highest BCUT2D eigenvalue weighted by atomic mass is 32.1. The molecule has 6 aromatic rings. The summed E-state index contributed by atoms with van der Waals surface area (Å²) in [5, 5.41) is 4.63. The van der Waals surface area contributed by atoms with Gasteiger partial charge < -0.3 is 13.7 Å². The van der Waals surface area contributed by atoms with Crippen molar-refractivity contribution in [2.75, 3.05) is 0 Å². The van der Waals surface area contributed by atoms with Crippen LogP contribution in [0.4, 0.5) is 0 Å². The average Bonchev–Trinajstić information content (AvgIpc) is 3.47. The second-order valence-corrected chi connectivity index (χ2v) is 11.4. The summed E-state index contributed by atoms with van der Waals surface area (Å²) in [6.45, 7) is 8.33. The molecule has 7 rings (SSSR count). The molecule has 0 atom stereocenters. The number of benzene rings is 4. The summed E-state index contributed by atoms with van der Waals surface area (Å²) >= 11 is 1.78. The molecular formula is C29H24BNO3S. The summed E-state index contributed by atoms with van der Waals surface area (Å²) in [6.07, 6.45) is 0. The number of aromatic nitrogens is 1. The lowest BCUT2D eigenvalue weighted by Gasteiger charge is -2.32. The zero-order valence-corrected chi connectivity index (χ0v) is 20.9. The molecule has 1 fully saturated rings. The quantitative estimate of drug-likeness (QED) is 0.245. The van der Waals surface area contributed by atoms with E-state index in [4.69, 9.17) is 18.7 Å². The first-order chi connectivity index (χ1) is 16.8. The number of rotatable bonds is 2. The summed E-state index contributed by atoms with van der Waals surface area (Å²) < 4.78 is 21.4. The van der Waals surface area contributed by atoms with Crippen molar-refractivity contribution in [1.82, 2.24) is 4.98 Å². The maximum atomic E-state index is 6.33. The number of hydrogen-bond acceptors (Lipinski definition) is 5. The lowest BCUT2D eigenvalue weighted by molar-refractivity contribution is 0.00578. The van der Waals surface area contributed by atoms with E-state index in [2.05, 4.69) is 88.4 Å². The maximum absolute atomic E-state index is 6.33. The van der Waals surface area contributed by atoms with Gasteiger partial charge in [-0.2, -0.15) is 0 Å². The van der Waals surface area contributed by atoms with Crippen molar-refractivity contribution in [3.8, 4) is 11.5 Å². The van der Waals surface area contributed by atoms with E-state index in [9.17, 15) is 0 Å². The lowest BCUT2D eigenvalue weighted by Crippen LogP contribution is -2.41. The second-order valence-electron chi connectivity index (χ2n) is 10.3. The molecule has 172 valence electrons. The minimum absolute atomic E-state index is 0.379. The Bertz CT molecular complexity index is 1710. The van der Waals surface area contributed by atoms with Gasteiger partial charge in [-0.3, -0.25) is 0 Å². The van der Waals surface area contributed by atoms with Crippen LogP contribution in [0, 0.1) is 0 Å². The van der Waals surface area contributed by atoms with Gasteiger partial charge in [0, 0.05) is 25.7 Å². The van der Waals surface area contributed by atoms with Crippen LogP contribution in [0.5, 0.6) is 0 Å². The van der Waals surface area contributed by atoms with E-state index in [1.165, 1.54) is 14.8 Å². The highest BCUT2D eigenvalue weighted by molar-refractivity contribution is 7.26. The van der Waals surface area contributed by atoms with Crippen LogP contribution in [-0.2, 0) is 9.31 Å². The van der Waals surface area contributed by atoms with Crippen LogP contribution in [0.1, 0.15) is 27.7 Å². The second kappa shape index (κ2) is 7.17. The Labute approximate surface area is 207 Å². The van der Waals surface area contributed by atoms with Crippen molar-refractivity contribution in [3.63, 3.8) is 0 Å². The Morgan fingerprint density at radius 2 is 1.51 bits per heavy atom. The molecule has 2 aromatic heterocycles. The summed E-state index contributed by atoms with van der Waals surface area (Å²) in [5.74, 6) is 0.640. The third kappa shape index (κ3) is 3.17. The van der Waals surface area contributed by atoms with Crippen LogP contribution in [-0.4, -0.2) is 23.3 Å². The van der Waals surface area contributed by atoms with Crippen LogP contribution in [0.3, 0.4) is 0 Å². The van der Waals surface area contributed by atoms with Gasteiger partial charge in [0.1, 0.15) is 5.52 Å². The molecule has 1 saturated heterocycles. The molecule has 0 bridgehead atoms. The van der Waals surface area contributed by atoms with Crippen LogP contribution in [0.15, 0.2) is 77.2 Å². The van der Waals surface area contributed by atoms with Gasteiger partial charge in [0.25, 0.3) is 0 Å². The van der Waals surface area contributed by atoms with E-state index >= 15 is 0 Å². The average molecular weight is 477 g/mol. The number of thiophene rings is 1. The van der Waals surface area contributed by atoms with Gasteiger partial charge in [0.05, 0.1) is 11.2 Å². The van der Waals surface area contributed by atoms with Gasteiger partial charge in [-0.1, -0.05) is 42.5 Å². The summed E-state index contributed by atoms with van der Waals surface area (Å²) in [7, 11) is -0.400. The summed E-state index contributed by atoms with van der Waals surface area (Å²) in [6, 6.07) is 25.3. The number of fused-ring (bicyclic) bond motifs is 5. The maximum Gasteiger partial charge on any atom is 0.494 e. The van der Waals surface area contributed by atoms with E-state index in [0.29, 0.717) is 5.89 Å². The van der Waals surface area contributed by atoms with E-state index in [1.807, 2.05) is 12.1 Å². The molecule has 0 amide bonds. The molecule has 0 spiro atoms. The largest absolute Gasteiger partial charge is 0.494 e. The predicted molar refractivity (Wildman–Crippen MR) is 146 cm³/mol. The Morgan fingerprint density at radius 1 is 0.771 bits per heavy atom. The minimum atomic E-state index is -0.400. The predicted octanol–water partition coefficient (Wildman–Crippen LogP) is 7.32. The van der Waals surface area contributed by atoms with Crippen molar-refractivity contribution in [2.45, 2.75) is 38.9 Å². The molecule has 6 heteroatoms. The molecular weight excluding hydrogens is 453 g/mol. The topological polar surface area (TPSA) is 44.5 Å². The van der Waals surface area contributed by atoms with E-state index in [1.54, 1.807) is 11.3 Å². The number of oxazole rings is 1. The van der Waals surface area contributed by atoms with Crippen LogP contribution in [0.2, 0.25) is 0 Å². The Morgan fingerprint density at radius 3 is 2.29 bits per heavy atom. The lowest BCUT2D eigenvalue weighted by atomic mass is 9.78. The first-order valence-corrected chi connectivity index (χ1v) is 12.7. The molecule has 0 saturated carbocycles. The van der Waals surface area contributed by atoms with Crippen molar-refractivity contribution >= 4 is 66.0 Å². The third-order valence-electron chi connectivity index (χ3n) is 7.53. The van der Waals surface area contributed by atoms with E-state index in [0.717, 1.165) is 38.3 Å². The SMILES string of the molecule is CC1(C)OB(c2ccc3sc4cccc(-c5nc6cc7ccccc7cc6o5)c4c3c2)OC1(C)C. The molecule has 0 aliphatic carbocycles. The van der Waals surface area contributed by atoms with E-state index in [-0.39, 0.29) is 11.2 Å². The Balaban J connectivity index is 1.40. The van der Waals surface area contributed by atoms with Gasteiger partial charge in [0.15, 0.2) is 5.58 Å². The van der Waals surface area contributed by atoms with Crippen molar-refractivity contribution in [1.29, 1.82) is 0 Å². The highest BCUT2D eigenvalue weighted by Crippen LogP contribution is 2.41. The van der Waals surface area contributed by atoms with Crippen LogP contribution >= 0.6 is 11.3 Å². The molecule has 4 aromatic carbocycles. The minimum Gasteiger partial charge on any atom is -0.436 e. The number of nitrogens with zero attached hydrogens (tertiary/aromatic N) is 1. The molecule has 0 radical (unpaired) electrons. The molecule has 1 aliphatic heterocycles. The molecule has 0 N–H and O–H groups in total. The van der Waals surface area contributed by atoms with Gasteiger partial charge in [-0.05, 0) is 74.3 Å². The van der Waals surface area contributed by atoms with Crippen molar-refractivity contribution < 1.29 is 13.7 Å². The first kappa shape index (κ1) is 21.1. The monoisotopic (exact) mass is 477 g/mol. The standard InChI is InChI=1S/C29H24BNO3S/c1-28(2)29(3,4)34-30(33-28)19-12-13-24-21(16-19)26-20(10-7-11-25(26)35-24)27-31-22-14-17-8-5-6-9-18(17)15-23(22)32-27/h5-16H,1-4H3. The van der Waals surface area contributed by atoms with Gasteiger partial charge in [-0.25, -0.2) is 4.98 Å². The zero-order chi connectivity index (χ0) is 23.9. The molecule has 3 heterocycles. The summed E-state index contributed by atoms with van der Waals surface area (Å²) in [5.41, 5.74) is 2.93. The molecule has 1 aliphatic rings. The molecule has 35 heavy (non-hydrogen) atoms. The number of hydrogen-bond donors (Lipinski definition) is 0. The zero-order valence-electron chi connectivity index (χ0n) is 20.1. The molecule has 0 unspecified atom stereocenters. The fourth-order valence-corrected chi connectivity index (χ4v) is 5.99. The fourth-order valence-electron chi connectivity index (χ4n) is 4.88. The normalized spacial score (nSPS) is 17.3.